The van der Waals surface area contributed by atoms with Gasteiger partial charge in [-0.1, -0.05) is 23.4 Å². The number of carbonyl (C=O) groups is 1. The first-order valence-corrected chi connectivity index (χ1v) is 5.87. The van der Waals surface area contributed by atoms with Gasteiger partial charge in [0.2, 0.25) is 0 Å². The van der Waals surface area contributed by atoms with E-state index in [1.165, 1.54) is 7.11 Å². The van der Waals surface area contributed by atoms with Crippen LogP contribution in [0.25, 0.3) is 0 Å². The standard InChI is InChI=1S/C13H16N2O3/c1-18-9-13(16)15-8-4-6-11(14-17)10-5-2-3-7-12(10)15/h2-3,5,7,17H,4,6,8-9H2,1H3/b14-11-. The molecule has 1 aromatic carbocycles. The molecular weight excluding hydrogens is 232 g/mol. The Morgan fingerprint density at radius 3 is 3.00 bits per heavy atom. The highest BCUT2D eigenvalue weighted by Gasteiger charge is 2.23. The fourth-order valence-corrected chi connectivity index (χ4v) is 2.18. The molecule has 96 valence electrons. The third-order valence-electron chi connectivity index (χ3n) is 2.99. The van der Waals surface area contributed by atoms with Crippen molar-refractivity contribution in [3.8, 4) is 0 Å². The van der Waals surface area contributed by atoms with Crippen LogP contribution in [0.5, 0.6) is 0 Å². The van der Waals surface area contributed by atoms with Crippen molar-refractivity contribution in [1.29, 1.82) is 0 Å². The lowest BCUT2D eigenvalue weighted by molar-refractivity contribution is -0.122. The number of para-hydroxylation sites is 1. The molecule has 0 spiro atoms. The van der Waals surface area contributed by atoms with E-state index in [4.69, 9.17) is 9.94 Å². The van der Waals surface area contributed by atoms with E-state index in [2.05, 4.69) is 5.16 Å². The van der Waals surface area contributed by atoms with Crippen molar-refractivity contribution in [3.63, 3.8) is 0 Å². The van der Waals surface area contributed by atoms with E-state index in [9.17, 15) is 4.79 Å². The van der Waals surface area contributed by atoms with Crippen LogP contribution in [0.3, 0.4) is 0 Å². The van der Waals surface area contributed by atoms with Gasteiger partial charge in [0.25, 0.3) is 5.91 Å². The Kier molecular flexibility index (Phi) is 3.94. The van der Waals surface area contributed by atoms with E-state index in [1.807, 2.05) is 24.3 Å². The Labute approximate surface area is 106 Å². The van der Waals surface area contributed by atoms with Crippen LogP contribution in [-0.2, 0) is 9.53 Å². The highest BCUT2D eigenvalue weighted by molar-refractivity contribution is 6.09. The molecule has 18 heavy (non-hydrogen) atoms. The van der Waals surface area contributed by atoms with E-state index in [-0.39, 0.29) is 12.5 Å². The van der Waals surface area contributed by atoms with Crippen LogP contribution in [-0.4, -0.2) is 37.1 Å². The second-order valence-electron chi connectivity index (χ2n) is 4.15. The molecule has 0 saturated heterocycles. The number of anilines is 1. The Balaban J connectivity index is 2.42. The van der Waals surface area contributed by atoms with Gasteiger partial charge < -0.3 is 14.8 Å². The predicted octanol–water partition coefficient (Wildman–Crippen LogP) is 1.64. The lowest BCUT2D eigenvalue weighted by Gasteiger charge is -2.22. The number of oxime groups is 1. The van der Waals surface area contributed by atoms with E-state index in [0.29, 0.717) is 18.7 Å². The van der Waals surface area contributed by atoms with Crippen molar-refractivity contribution in [2.45, 2.75) is 12.8 Å². The van der Waals surface area contributed by atoms with E-state index in [0.717, 1.165) is 17.7 Å². The minimum absolute atomic E-state index is 0.0555. The fourth-order valence-electron chi connectivity index (χ4n) is 2.18. The molecule has 0 aromatic heterocycles. The Morgan fingerprint density at radius 1 is 1.50 bits per heavy atom. The molecule has 1 N–H and O–H groups in total. The Morgan fingerprint density at radius 2 is 2.28 bits per heavy atom. The molecule has 0 radical (unpaired) electrons. The first-order valence-electron chi connectivity index (χ1n) is 5.87. The molecule has 5 heteroatoms. The largest absolute Gasteiger partial charge is 0.411 e. The third kappa shape index (κ3) is 2.36. The molecule has 0 aliphatic carbocycles. The maximum absolute atomic E-state index is 12.0. The Hall–Kier alpha value is -1.88. The van der Waals surface area contributed by atoms with E-state index < -0.39 is 0 Å². The number of amides is 1. The van der Waals surface area contributed by atoms with Crippen LogP contribution < -0.4 is 4.90 Å². The minimum atomic E-state index is -0.0795. The van der Waals surface area contributed by atoms with E-state index in [1.54, 1.807) is 4.90 Å². The van der Waals surface area contributed by atoms with Crippen LogP contribution in [0, 0.1) is 0 Å². The van der Waals surface area contributed by atoms with Crippen LogP contribution in [0.1, 0.15) is 18.4 Å². The van der Waals surface area contributed by atoms with Crippen LogP contribution >= 0.6 is 0 Å². The first-order chi connectivity index (χ1) is 8.77. The fraction of sp³-hybridized carbons (Fsp3) is 0.385. The molecular formula is C13H16N2O3. The molecule has 5 nitrogen and oxygen atoms in total. The minimum Gasteiger partial charge on any atom is -0.411 e. The topological polar surface area (TPSA) is 62.1 Å². The maximum Gasteiger partial charge on any atom is 0.252 e. The molecule has 1 aliphatic heterocycles. The average molecular weight is 248 g/mol. The van der Waals surface area contributed by atoms with Crippen LogP contribution in [0.4, 0.5) is 5.69 Å². The summed E-state index contributed by atoms with van der Waals surface area (Å²) in [5.74, 6) is -0.0795. The van der Waals surface area contributed by atoms with E-state index >= 15 is 0 Å². The molecule has 0 bridgehead atoms. The number of ether oxygens (including phenoxy) is 1. The number of fused-ring (bicyclic) bond motifs is 1. The zero-order valence-electron chi connectivity index (χ0n) is 10.3. The first kappa shape index (κ1) is 12.6. The molecule has 1 amide bonds. The number of methoxy groups -OCH3 is 1. The normalized spacial score (nSPS) is 17.4. The predicted molar refractivity (Wildman–Crippen MR) is 68.2 cm³/mol. The summed E-state index contributed by atoms with van der Waals surface area (Å²) < 4.78 is 4.90. The molecule has 1 heterocycles. The van der Waals surface area contributed by atoms with Crippen molar-refractivity contribution in [2.24, 2.45) is 5.16 Å². The Bertz CT molecular complexity index is 471. The summed E-state index contributed by atoms with van der Waals surface area (Å²) in [4.78, 5) is 13.7. The second kappa shape index (κ2) is 5.64. The van der Waals surface area contributed by atoms with Gasteiger partial charge in [0.05, 0.1) is 11.4 Å². The number of rotatable bonds is 2. The third-order valence-corrected chi connectivity index (χ3v) is 2.99. The molecule has 1 aromatic rings. The quantitative estimate of drug-likeness (QED) is 0.639. The van der Waals surface area contributed by atoms with Crippen molar-refractivity contribution in [3.05, 3.63) is 29.8 Å². The zero-order valence-corrected chi connectivity index (χ0v) is 10.3. The van der Waals surface area contributed by atoms with Gasteiger partial charge >= 0.3 is 0 Å². The van der Waals surface area contributed by atoms with Crippen molar-refractivity contribution in [2.75, 3.05) is 25.2 Å². The van der Waals surface area contributed by atoms with Crippen molar-refractivity contribution < 1.29 is 14.7 Å². The van der Waals surface area contributed by atoms with Crippen LogP contribution in [0.2, 0.25) is 0 Å². The SMILES string of the molecule is COCC(=O)N1CCC/C(=N/O)c2ccccc21. The summed E-state index contributed by atoms with van der Waals surface area (Å²) in [5.41, 5.74) is 2.21. The summed E-state index contributed by atoms with van der Waals surface area (Å²) in [6.45, 7) is 0.665. The molecule has 0 atom stereocenters. The van der Waals surface area contributed by atoms with Gasteiger partial charge in [0.15, 0.2) is 0 Å². The smallest absolute Gasteiger partial charge is 0.252 e. The van der Waals surface area contributed by atoms with Crippen molar-refractivity contribution >= 4 is 17.3 Å². The monoisotopic (exact) mass is 248 g/mol. The lowest BCUT2D eigenvalue weighted by atomic mass is 10.1. The summed E-state index contributed by atoms with van der Waals surface area (Å²) in [5, 5.41) is 12.4. The van der Waals surface area contributed by atoms with Gasteiger partial charge in [-0.05, 0) is 18.9 Å². The second-order valence-corrected chi connectivity index (χ2v) is 4.15. The zero-order chi connectivity index (χ0) is 13.0. The maximum atomic E-state index is 12.0. The number of hydrogen-bond acceptors (Lipinski definition) is 4. The molecule has 0 saturated carbocycles. The highest BCUT2D eigenvalue weighted by atomic mass is 16.5. The van der Waals surface area contributed by atoms with Gasteiger partial charge in [0.1, 0.15) is 6.61 Å². The molecule has 0 unspecified atom stereocenters. The lowest BCUT2D eigenvalue weighted by Crippen LogP contribution is -2.34. The summed E-state index contributed by atoms with van der Waals surface area (Å²) >= 11 is 0. The number of benzene rings is 1. The van der Waals surface area contributed by atoms with Gasteiger partial charge in [-0.15, -0.1) is 0 Å². The van der Waals surface area contributed by atoms with Crippen LogP contribution in [0.15, 0.2) is 29.4 Å². The summed E-state index contributed by atoms with van der Waals surface area (Å²) in [6, 6.07) is 7.46. The van der Waals surface area contributed by atoms with Gasteiger partial charge in [-0.25, -0.2) is 0 Å². The highest BCUT2D eigenvalue weighted by Crippen LogP contribution is 2.26. The molecule has 1 aliphatic rings. The number of hydrogen-bond donors (Lipinski definition) is 1. The van der Waals surface area contributed by atoms with Gasteiger partial charge in [-0.3, -0.25) is 4.79 Å². The van der Waals surface area contributed by atoms with Gasteiger partial charge in [0, 0.05) is 19.2 Å². The average Bonchev–Trinajstić information content (AvgIpc) is 2.58. The summed E-state index contributed by atoms with van der Waals surface area (Å²) in [7, 11) is 1.50. The number of carbonyl (C=O) groups excluding carboxylic acids is 1. The number of nitrogens with zero attached hydrogens (tertiary/aromatic N) is 2. The molecule has 2 rings (SSSR count). The molecule has 0 fully saturated rings. The summed E-state index contributed by atoms with van der Waals surface area (Å²) in [6.07, 6.45) is 1.42. The van der Waals surface area contributed by atoms with Crippen molar-refractivity contribution in [1.82, 2.24) is 0 Å². The van der Waals surface area contributed by atoms with Gasteiger partial charge in [-0.2, -0.15) is 0 Å².